The molecule has 1 rings (SSSR count). The summed E-state index contributed by atoms with van der Waals surface area (Å²) in [7, 11) is 0. The fourth-order valence-electron chi connectivity index (χ4n) is 2.24. The Bertz CT molecular complexity index is 325. The molecule has 110 valence electrons. The largest absolute Gasteiger partial charge is 0.481 e. The number of piperidine rings is 1. The maximum atomic E-state index is 11.6. The molecular formula is C13H24N2O4. The molecule has 0 aromatic carbocycles. The summed E-state index contributed by atoms with van der Waals surface area (Å²) in [4.78, 5) is 22.4. The first kappa shape index (κ1) is 15.8. The van der Waals surface area contributed by atoms with Gasteiger partial charge in [0, 0.05) is 13.0 Å². The van der Waals surface area contributed by atoms with Gasteiger partial charge in [0.1, 0.15) is 5.60 Å². The molecular weight excluding hydrogens is 248 g/mol. The first-order valence-electron chi connectivity index (χ1n) is 6.67. The van der Waals surface area contributed by atoms with E-state index >= 15 is 0 Å². The van der Waals surface area contributed by atoms with Crippen molar-refractivity contribution in [2.75, 3.05) is 19.6 Å². The first-order valence-corrected chi connectivity index (χ1v) is 6.67. The number of hydrogen-bond donors (Lipinski definition) is 3. The van der Waals surface area contributed by atoms with Crippen molar-refractivity contribution in [2.24, 2.45) is 11.8 Å². The molecule has 6 heteroatoms. The van der Waals surface area contributed by atoms with E-state index in [9.17, 15) is 9.59 Å². The molecule has 0 spiro atoms. The molecule has 19 heavy (non-hydrogen) atoms. The molecule has 0 aliphatic carbocycles. The number of nitrogens with one attached hydrogen (secondary N) is 2. The summed E-state index contributed by atoms with van der Waals surface area (Å²) >= 11 is 0. The first-order chi connectivity index (χ1) is 8.78. The maximum Gasteiger partial charge on any atom is 0.407 e. The standard InChI is InChI=1S/C13H24N2O4/c1-13(2,3)19-12(18)15-8-9-4-5-14-7-10(9)6-11(16)17/h9-10,14H,4-8H2,1-3H3,(H,15,18)(H,16,17)/t9-,10+/m0/s1. The Morgan fingerprint density at radius 3 is 2.63 bits per heavy atom. The van der Waals surface area contributed by atoms with E-state index in [1.807, 2.05) is 20.8 Å². The fraction of sp³-hybridized carbons (Fsp3) is 0.846. The number of rotatable bonds is 4. The van der Waals surface area contributed by atoms with Crippen LogP contribution >= 0.6 is 0 Å². The Morgan fingerprint density at radius 2 is 2.05 bits per heavy atom. The molecule has 3 N–H and O–H groups in total. The molecule has 1 saturated heterocycles. The number of carboxylic acid groups (broad SMARTS) is 1. The Labute approximate surface area is 113 Å². The third-order valence-corrected chi connectivity index (χ3v) is 3.11. The van der Waals surface area contributed by atoms with Crippen LogP contribution < -0.4 is 10.6 Å². The summed E-state index contributed by atoms with van der Waals surface area (Å²) in [6.07, 6.45) is 0.557. The third-order valence-electron chi connectivity index (χ3n) is 3.11. The zero-order valence-electron chi connectivity index (χ0n) is 11.9. The minimum Gasteiger partial charge on any atom is -0.481 e. The second-order valence-electron chi connectivity index (χ2n) is 5.99. The van der Waals surface area contributed by atoms with Crippen molar-refractivity contribution in [3.05, 3.63) is 0 Å². The van der Waals surface area contributed by atoms with Gasteiger partial charge in [-0.15, -0.1) is 0 Å². The topological polar surface area (TPSA) is 87.7 Å². The Balaban J connectivity index is 2.40. The zero-order chi connectivity index (χ0) is 14.5. The molecule has 0 saturated carbocycles. The molecule has 2 atom stereocenters. The van der Waals surface area contributed by atoms with Crippen molar-refractivity contribution < 1.29 is 19.4 Å². The van der Waals surface area contributed by atoms with Gasteiger partial charge in [-0.25, -0.2) is 4.79 Å². The van der Waals surface area contributed by atoms with Gasteiger partial charge in [0.15, 0.2) is 0 Å². The van der Waals surface area contributed by atoms with Gasteiger partial charge in [-0.3, -0.25) is 4.79 Å². The van der Waals surface area contributed by atoms with E-state index in [4.69, 9.17) is 9.84 Å². The number of amides is 1. The minimum atomic E-state index is -0.795. The lowest BCUT2D eigenvalue weighted by molar-refractivity contribution is -0.138. The van der Waals surface area contributed by atoms with Crippen LogP contribution in [0.3, 0.4) is 0 Å². The van der Waals surface area contributed by atoms with Crippen LogP contribution in [0.15, 0.2) is 0 Å². The van der Waals surface area contributed by atoms with Crippen LogP contribution in [0.4, 0.5) is 4.79 Å². The predicted octanol–water partition coefficient (Wildman–Crippen LogP) is 1.21. The highest BCUT2D eigenvalue weighted by Crippen LogP contribution is 2.21. The van der Waals surface area contributed by atoms with Crippen LogP contribution in [0.2, 0.25) is 0 Å². The van der Waals surface area contributed by atoms with Crippen molar-refractivity contribution in [3.63, 3.8) is 0 Å². The van der Waals surface area contributed by atoms with Crippen LogP contribution in [0.25, 0.3) is 0 Å². The number of carboxylic acids is 1. The normalized spacial score (nSPS) is 23.7. The number of aliphatic carboxylic acids is 1. The lowest BCUT2D eigenvalue weighted by atomic mass is 9.84. The molecule has 1 heterocycles. The van der Waals surface area contributed by atoms with Gasteiger partial charge < -0.3 is 20.5 Å². The predicted molar refractivity (Wildman–Crippen MR) is 71.0 cm³/mol. The van der Waals surface area contributed by atoms with E-state index in [1.165, 1.54) is 0 Å². The van der Waals surface area contributed by atoms with Crippen LogP contribution in [0, 0.1) is 11.8 Å². The molecule has 0 aromatic heterocycles. The zero-order valence-corrected chi connectivity index (χ0v) is 11.9. The van der Waals surface area contributed by atoms with Crippen LogP contribution in [0.1, 0.15) is 33.6 Å². The van der Waals surface area contributed by atoms with Gasteiger partial charge in [-0.05, 0) is 52.1 Å². The minimum absolute atomic E-state index is 0.0567. The van der Waals surface area contributed by atoms with Crippen molar-refractivity contribution in [1.29, 1.82) is 0 Å². The molecule has 6 nitrogen and oxygen atoms in total. The van der Waals surface area contributed by atoms with Gasteiger partial charge >= 0.3 is 12.1 Å². The second-order valence-corrected chi connectivity index (χ2v) is 5.99. The summed E-state index contributed by atoms with van der Waals surface area (Å²) in [5.74, 6) is -0.554. The summed E-state index contributed by atoms with van der Waals surface area (Å²) in [5, 5.41) is 14.8. The van der Waals surface area contributed by atoms with E-state index in [0.29, 0.717) is 13.1 Å². The fourth-order valence-corrected chi connectivity index (χ4v) is 2.24. The van der Waals surface area contributed by atoms with E-state index < -0.39 is 17.7 Å². The third kappa shape index (κ3) is 6.42. The molecule has 0 aromatic rings. The lowest BCUT2D eigenvalue weighted by Crippen LogP contribution is -2.44. The van der Waals surface area contributed by atoms with Gasteiger partial charge in [0.05, 0.1) is 0 Å². The monoisotopic (exact) mass is 272 g/mol. The van der Waals surface area contributed by atoms with Gasteiger partial charge in [-0.2, -0.15) is 0 Å². The van der Waals surface area contributed by atoms with Crippen molar-refractivity contribution >= 4 is 12.1 Å². The second kappa shape index (κ2) is 6.75. The Hall–Kier alpha value is -1.30. The molecule has 1 amide bonds. The SMILES string of the molecule is CC(C)(C)OC(=O)NC[C@@H]1CCNC[C@H]1CC(=O)O. The van der Waals surface area contributed by atoms with Crippen molar-refractivity contribution in [1.82, 2.24) is 10.6 Å². The number of carbonyl (C=O) groups excluding carboxylic acids is 1. The quantitative estimate of drug-likeness (QED) is 0.716. The van der Waals surface area contributed by atoms with E-state index in [2.05, 4.69) is 10.6 Å². The summed E-state index contributed by atoms with van der Waals surface area (Å²) in [6.45, 7) is 7.44. The van der Waals surface area contributed by atoms with Crippen molar-refractivity contribution in [3.8, 4) is 0 Å². The number of alkyl carbamates (subject to hydrolysis) is 1. The van der Waals surface area contributed by atoms with Crippen LogP contribution in [-0.4, -0.2) is 42.4 Å². The highest BCUT2D eigenvalue weighted by molar-refractivity contribution is 5.68. The summed E-state index contributed by atoms with van der Waals surface area (Å²) in [6, 6.07) is 0. The lowest BCUT2D eigenvalue weighted by Gasteiger charge is -2.31. The highest BCUT2D eigenvalue weighted by atomic mass is 16.6. The molecule has 0 bridgehead atoms. The average molecular weight is 272 g/mol. The van der Waals surface area contributed by atoms with E-state index in [1.54, 1.807) is 0 Å². The number of carbonyl (C=O) groups is 2. The van der Waals surface area contributed by atoms with Gasteiger partial charge in [0.2, 0.25) is 0 Å². The number of hydrogen-bond acceptors (Lipinski definition) is 4. The van der Waals surface area contributed by atoms with Crippen LogP contribution in [0.5, 0.6) is 0 Å². The molecule has 1 aliphatic heterocycles. The van der Waals surface area contributed by atoms with Crippen molar-refractivity contribution in [2.45, 2.75) is 39.2 Å². The Kier molecular flexibility index (Phi) is 5.60. The number of ether oxygens (including phenoxy) is 1. The maximum absolute atomic E-state index is 11.6. The van der Waals surface area contributed by atoms with Gasteiger partial charge in [-0.1, -0.05) is 0 Å². The molecule has 1 aliphatic rings. The van der Waals surface area contributed by atoms with Gasteiger partial charge in [0.25, 0.3) is 0 Å². The average Bonchev–Trinajstić information content (AvgIpc) is 2.24. The molecule has 1 fully saturated rings. The van der Waals surface area contributed by atoms with E-state index in [-0.39, 0.29) is 18.3 Å². The molecule has 0 radical (unpaired) electrons. The van der Waals surface area contributed by atoms with E-state index in [0.717, 1.165) is 13.0 Å². The Morgan fingerprint density at radius 1 is 1.37 bits per heavy atom. The summed E-state index contributed by atoms with van der Waals surface area (Å²) in [5.41, 5.74) is -0.515. The smallest absolute Gasteiger partial charge is 0.407 e. The molecule has 0 unspecified atom stereocenters. The highest BCUT2D eigenvalue weighted by Gasteiger charge is 2.27. The summed E-state index contributed by atoms with van der Waals surface area (Å²) < 4.78 is 5.16. The van der Waals surface area contributed by atoms with Crippen LogP contribution in [-0.2, 0) is 9.53 Å².